The monoisotopic (exact) mass is 238 g/mol. The zero-order chi connectivity index (χ0) is 12.7. The minimum Gasteiger partial charge on any atom is -0.342 e. The Morgan fingerprint density at radius 1 is 1.47 bits per heavy atom. The van der Waals surface area contributed by atoms with Crippen molar-refractivity contribution < 1.29 is 4.79 Å². The van der Waals surface area contributed by atoms with E-state index in [1.807, 2.05) is 25.7 Å². The molecule has 98 valence electrons. The van der Waals surface area contributed by atoms with Crippen LogP contribution in [0, 0.1) is 0 Å². The summed E-state index contributed by atoms with van der Waals surface area (Å²) in [5.74, 6) is 0.218. The van der Waals surface area contributed by atoms with Crippen molar-refractivity contribution >= 4 is 5.91 Å². The molecule has 0 heterocycles. The van der Waals surface area contributed by atoms with Gasteiger partial charge in [-0.25, -0.2) is 0 Å². The normalized spacial score (nSPS) is 16.8. The number of carbonyl (C=O) groups excluding carboxylic acids is 1. The van der Waals surface area contributed by atoms with Crippen LogP contribution in [0.15, 0.2) is 11.6 Å². The molecule has 3 heteroatoms. The zero-order valence-electron chi connectivity index (χ0n) is 11.5. The largest absolute Gasteiger partial charge is 0.342 e. The fourth-order valence-corrected chi connectivity index (χ4v) is 2.31. The SMILES string of the molecule is CCN(CC)C(=O)C(C)NCCC1=CCCC1. The Balaban J connectivity index is 2.23. The van der Waals surface area contributed by atoms with Gasteiger partial charge in [-0.2, -0.15) is 0 Å². The summed E-state index contributed by atoms with van der Waals surface area (Å²) in [5.41, 5.74) is 1.56. The topological polar surface area (TPSA) is 32.3 Å². The molecule has 17 heavy (non-hydrogen) atoms. The summed E-state index contributed by atoms with van der Waals surface area (Å²) in [5, 5.41) is 3.33. The predicted octanol–water partition coefficient (Wildman–Crippen LogP) is 2.33. The molecular weight excluding hydrogens is 212 g/mol. The quantitative estimate of drug-likeness (QED) is 0.690. The Hall–Kier alpha value is -0.830. The molecule has 0 radical (unpaired) electrons. The van der Waals surface area contributed by atoms with Gasteiger partial charge in [0.2, 0.25) is 5.91 Å². The molecule has 1 rings (SSSR count). The highest BCUT2D eigenvalue weighted by Gasteiger charge is 2.17. The second-order valence-corrected chi connectivity index (χ2v) is 4.69. The first-order valence-electron chi connectivity index (χ1n) is 6.89. The first-order valence-corrected chi connectivity index (χ1v) is 6.89. The number of nitrogens with zero attached hydrogens (tertiary/aromatic N) is 1. The van der Waals surface area contributed by atoms with Crippen molar-refractivity contribution in [1.82, 2.24) is 10.2 Å². The van der Waals surface area contributed by atoms with E-state index in [2.05, 4.69) is 11.4 Å². The molecule has 0 fully saturated rings. The number of allylic oxidation sites excluding steroid dienone is 1. The number of nitrogens with one attached hydrogen (secondary N) is 1. The van der Waals surface area contributed by atoms with Gasteiger partial charge in [-0.3, -0.25) is 4.79 Å². The van der Waals surface area contributed by atoms with E-state index >= 15 is 0 Å². The fourth-order valence-electron chi connectivity index (χ4n) is 2.31. The van der Waals surface area contributed by atoms with E-state index < -0.39 is 0 Å². The molecule has 1 unspecified atom stereocenters. The Bertz CT molecular complexity index is 269. The summed E-state index contributed by atoms with van der Waals surface area (Å²) in [7, 11) is 0. The third-order valence-corrected chi connectivity index (χ3v) is 3.48. The van der Waals surface area contributed by atoms with Crippen molar-refractivity contribution in [3.63, 3.8) is 0 Å². The summed E-state index contributed by atoms with van der Waals surface area (Å²) in [4.78, 5) is 13.9. The summed E-state index contributed by atoms with van der Waals surface area (Å²) >= 11 is 0. The third kappa shape index (κ3) is 4.50. The molecule has 0 aliphatic heterocycles. The first-order chi connectivity index (χ1) is 8.19. The molecule has 0 aromatic rings. The number of hydrogen-bond donors (Lipinski definition) is 1. The second-order valence-electron chi connectivity index (χ2n) is 4.69. The van der Waals surface area contributed by atoms with Gasteiger partial charge in [0.05, 0.1) is 6.04 Å². The van der Waals surface area contributed by atoms with Gasteiger partial charge in [0.1, 0.15) is 0 Å². The van der Waals surface area contributed by atoms with Gasteiger partial charge >= 0.3 is 0 Å². The highest BCUT2D eigenvalue weighted by atomic mass is 16.2. The van der Waals surface area contributed by atoms with Gasteiger partial charge in [0.25, 0.3) is 0 Å². The van der Waals surface area contributed by atoms with Crippen LogP contribution in [-0.4, -0.2) is 36.5 Å². The first kappa shape index (κ1) is 14.2. The van der Waals surface area contributed by atoms with Crippen molar-refractivity contribution in [3.05, 3.63) is 11.6 Å². The van der Waals surface area contributed by atoms with E-state index in [-0.39, 0.29) is 11.9 Å². The average molecular weight is 238 g/mol. The van der Waals surface area contributed by atoms with E-state index in [4.69, 9.17) is 0 Å². The van der Waals surface area contributed by atoms with Gasteiger partial charge in [-0.15, -0.1) is 0 Å². The molecule has 0 saturated carbocycles. The highest BCUT2D eigenvalue weighted by Crippen LogP contribution is 2.19. The molecule has 1 amide bonds. The fraction of sp³-hybridized carbons (Fsp3) is 0.786. The standard InChI is InChI=1S/C14H26N2O/c1-4-16(5-2)14(17)12(3)15-11-10-13-8-6-7-9-13/h8,12,15H,4-7,9-11H2,1-3H3. The number of carbonyl (C=O) groups is 1. The smallest absolute Gasteiger partial charge is 0.239 e. The molecule has 0 bridgehead atoms. The van der Waals surface area contributed by atoms with Crippen LogP contribution in [0.4, 0.5) is 0 Å². The summed E-state index contributed by atoms with van der Waals surface area (Å²) in [6, 6.07) is -0.0584. The average Bonchev–Trinajstić information content (AvgIpc) is 2.83. The van der Waals surface area contributed by atoms with E-state index in [0.29, 0.717) is 0 Å². The van der Waals surface area contributed by atoms with Crippen LogP contribution >= 0.6 is 0 Å². The number of rotatable bonds is 7. The van der Waals surface area contributed by atoms with Gasteiger partial charge in [0, 0.05) is 13.1 Å². The lowest BCUT2D eigenvalue weighted by Crippen LogP contribution is -2.45. The van der Waals surface area contributed by atoms with Crippen molar-refractivity contribution in [1.29, 1.82) is 0 Å². The summed E-state index contributed by atoms with van der Waals surface area (Å²) < 4.78 is 0. The van der Waals surface area contributed by atoms with Crippen LogP contribution in [-0.2, 0) is 4.79 Å². The molecule has 1 aliphatic rings. The number of likely N-dealkylation sites (N-methyl/N-ethyl adjacent to an activating group) is 1. The summed E-state index contributed by atoms with van der Waals surface area (Å²) in [6.45, 7) is 8.53. The minimum atomic E-state index is -0.0584. The lowest BCUT2D eigenvalue weighted by Gasteiger charge is -2.23. The van der Waals surface area contributed by atoms with Crippen molar-refractivity contribution in [2.45, 2.75) is 52.5 Å². The van der Waals surface area contributed by atoms with E-state index in [1.54, 1.807) is 5.57 Å². The Kier molecular flexibility index (Phi) is 6.27. The van der Waals surface area contributed by atoms with Crippen molar-refractivity contribution in [2.75, 3.05) is 19.6 Å². The Morgan fingerprint density at radius 2 is 2.18 bits per heavy atom. The van der Waals surface area contributed by atoms with Crippen LogP contribution in [0.1, 0.15) is 46.5 Å². The maximum absolute atomic E-state index is 12.0. The molecule has 0 aromatic carbocycles. The van der Waals surface area contributed by atoms with Crippen LogP contribution in [0.25, 0.3) is 0 Å². The Morgan fingerprint density at radius 3 is 2.71 bits per heavy atom. The van der Waals surface area contributed by atoms with E-state index in [9.17, 15) is 4.79 Å². The van der Waals surface area contributed by atoms with Crippen molar-refractivity contribution in [2.24, 2.45) is 0 Å². The van der Waals surface area contributed by atoms with Gasteiger partial charge in [-0.05, 0) is 53.0 Å². The third-order valence-electron chi connectivity index (χ3n) is 3.48. The second kappa shape index (κ2) is 7.49. The van der Waals surface area contributed by atoms with Gasteiger partial charge in [0.15, 0.2) is 0 Å². The molecule has 0 spiro atoms. The summed E-state index contributed by atoms with van der Waals surface area (Å²) in [6.07, 6.45) is 7.24. The lowest BCUT2D eigenvalue weighted by atomic mass is 10.1. The number of hydrogen-bond acceptors (Lipinski definition) is 2. The zero-order valence-corrected chi connectivity index (χ0v) is 11.5. The van der Waals surface area contributed by atoms with E-state index in [0.717, 1.165) is 26.1 Å². The predicted molar refractivity (Wildman–Crippen MR) is 71.9 cm³/mol. The molecule has 1 aliphatic carbocycles. The van der Waals surface area contributed by atoms with Gasteiger partial charge < -0.3 is 10.2 Å². The maximum atomic E-state index is 12.0. The minimum absolute atomic E-state index is 0.0584. The maximum Gasteiger partial charge on any atom is 0.239 e. The lowest BCUT2D eigenvalue weighted by molar-refractivity contribution is -0.132. The van der Waals surface area contributed by atoms with Crippen LogP contribution < -0.4 is 5.32 Å². The number of amides is 1. The van der Waals surface area contributed by atoms with E-state index in [1.165, 1.54) is 19.3 Å². The van der Waals surface area contributed by atoms with Crippen LogP contribution in [0.3, 0.4) is 0 Å². The van der Waals surface area contributed by atoms with Crippen molar-refractivity contribution in [3.8, 4) is 0 Å². The molecule has 0 aromatic heterocycles. The molecule has 1 N–H and O–H groups in total. The van der Waals surface area contributed by atoms with Crippen LogP contribution in [0.5, 0.6) is 0 Å². The molecule has 0 saturated heterocycles. The highest BCUT2D eigenvalue weighted by molar-refractivity contribution is 5.81. The Labute approximate surface area is 105 Å². The van der Waals surface area contributed by atoms with Gasteiger partial charge in [-0.1, -0.05) is 11.6 Å². The van der Waals surface area contributed by atoms with Crippen LogP contribution in [0.2, 0.25) is 0 Å². The molecule has 3 nitrogen and oxygen atoms in total. The molecular formula is C14H26N2O. The molecule has 1 atom stereocenters.